The average Bonchev–Trinajstić information content (AvgIpc) is 4.43. The van der Waals surface area contributed by atoms with Crippen molar-refractivity contribution in [2.45, 2.75) is 170 Å². The first kappa shape index (κ1) is 69.4. The topological polar surface area (TPSA) is 0 Å². The predicted octanol–water partition coefficient (Wildman–Crippen LogP) is 30.4. The maximum Gasteiger partial charge on any atom is 0.0718 e. The van der Waals surface area contributed by atoms with E-state index in [0.717, 1.165) is 0 Å². The Labute approximate surface area is 573 Å². The molecule has 24 heteroatoms. The van der Waals surface area contributed by atoms with Crippen LogP contribution in [0.4, 0.5) is 0 Å². The molecular formula is C54H72S24. The molecular weight excluding hydrogens is 1420 g/mol. The van der Waals surface area contributed by atoms with Gasteiger partial charge in [0.1, 0.15) is 0 Å². The predicted molar refractivity (Wildman–Crippen MR) is 417 cm³/mol. The summed E-state index contributed by atoms with van der Waals surface area (Å²) in [7, 11) is 0. The summed E-state index contributed by atoms with van der Waals surface area (Å²) in [6, 6.07) is 0. The summed E-state index contributed by atoms with van der Waals surface area (Å²) in [4.78, 5) is 0. The van der Waals surface area contributed by atoms with E-state index in [4.69, 9.17) is 0 Å². The molecule has 0 saturated heterocycles. The van der Waals surface area contributed by atoms with E-state index in [9.17, 15) is 0 Å². The molecule has 0 saturated carbocycles. The first-order valence-corrected chi connectivity index (χ1v) is 48.2. The molecule has 0 amide bonds. The Bertz CT molecular complexity index is 2150. The van der Waals surface area contributed by atoms with Crippen LogP contribution in [0.5, 0.6) is 0 Å². The highest BCUT2D eigenvalue weighted by Gasteiger charge is 2.39. The molecule has 432 valence electrons. The summed E-state index contributed by atoms with van der Waals surface area (Å²) in [6.07, 6.45) is 26.5. The lowest BCUT2D eigenvalue weighted by molar-refractivity contribution is 0.707. The highest BCUT2D eigenvalue weighted by Crippen LogP contribution is 2.75. The van der Waals surface area contributed by atoms with Crippen molar-refractivity contribution in [1.82, 2.24) is 0 Å². The fourth-order valence-electron chi connectivity index (χ4n) is 7.18. The summed E-state index contributed by atoms with van der Waals surface area (Å²) in [6.45, 7) is 13.9. The van der Waals surface area contributed by atoms with Crippen molar-refractivity contribution in [1.29, 1.82) is 0 Å². The van der Waals surface area contributed by atoms with Gasteiger partial charge in [0.2, 0.25) is 0 Å². The maximum absolute atomic E-state index is 2.38. The van der Waals surface area contributed by atoms with Gasteiger partial charge in [-0.15, -0.1) is 70.6 Å². The lowest BCUT2D eigenvalue weighted by Crippen LogP contribution is -1.83. The van der Waals surface area contributed by atoms with Gasteiger partial charge in [0.25, 0.3) is 0 Å². The Morgan fingerprint density at radius 1 is 0.205 bits per heavy atom. The third-order valence-electron chi connectivity index (χ3n) is 11.4. The number of hydrogen-bond acceptors (Lipinski definition) is 24. The molecule has 0 N–H and O–H groups in total. The Balaban J connectivity index is 0.844. The van der Waals surface area contributed by atoms with Crippen LogP contribution in [0.15, 0.2) is 95.6 Å². The highest BCUT2D eigenvalue weighted by molar-refractivity contribution is 8.52. The van der Waals surface area contributed by atoms with Crippen molar-refractivity contribution in [3.05, 3.63) is 95.6 Å². The van der Waals surface area contributed by atoms with Gasteiger partial charge in [0.15, 0.2) is 0 Å². The Morgan fingerprint density at radius 3 is 0.603 bits per heavy atom. The second kappa shape index (κ2) is 39.7. The van der Waals surface area contributed by atoms with Gasteiger partial charge in [-0.25, -0.2) is 0 Å². The molecule has 0 aliphatic carbocycles. The summed E-state index contributed by atoms with van der Waals surface area (Å²) in [5, 5.41) is 4.77. The minimum absolute atomic E-state index is 1.19. The van der Waals surface area contributed by atoms with E-state index in [-0.39, 0.29) is 0 Å². The zero-order valence-corrected chi connectivity index (χ0v) is 64.9. The summed E-state index contributed by atoms with van der Waals surface area (Å²) in [5.74, 6) is 7.39. The molecule has 0 fully saturated rings. The lowest BCUT2D eigenvalue weighted by atomic mass is 10.2. The normalized spacial score (nSPS) is 20.0. The Kier molecular flexibility index (Phi) is 35.4. The van der Waals surface area contributed by atoms with E-state index in [0.29, 0.717) is 0 Å². The first-order chi connectivity index (χ1) is 38.4. The zero-order chi connectivity index (χ0) is 54.3. The molecule has 8 aliphatic rings. The molecule has 0 unspecified atom stereocenters. The summed E-state index contributed by atoms with van der Waals surface area (Å²) >= 11 is 49.5. The van der Waals surface area contributed by atoms with Crippen LogP contribution in [0.1, 0.15) is 170 Å². The monoisotopic (exact) mass is 1490 g/mol. The van der Waals surface area contributed by atoms with Gasteiger partial charge in [-0.1, -0.05) is 343 Å². The second-order valence-corrected chi connectivity index (χ2v) is 47.9. The Morgan fingerprint density at radius 2 is 0.385 bits per heavy atom. The van der Waals surface area contributed by atoms with Gasteiger partial charge in [0.05, 0.1) is 84.7 Å². The summed E-state index contributed by atoms with van der Waals surface area (Å²) < 4.78 is 30.3. The van der Waals surface area contributed by atoms with Gasteiger partial charge in [0, 0.05) is 0 Å². The molecule has 0 atom stereocenters. The van der Waals surface area contributed by atoms with Crippen LogP contribution in [0, 0.1) is 0 Å². The largest absolute Gasteiger partial charge is 0.117 e. The zero-order valence-electron chi connectivity index (χ0n) is 45.3. The standard InChI is InChI=1S/C54H72S24/c1-7-13-19-23-29-57-35-36(58-30-24-20-14-8-2)64-43(63-35)47-71-51-52(72-47)76-49(75-51)45-67-39(55-27-17-11-5)41(69-45)61-33-34-62-42-40(56-28-18-12-6)68-46(70-42)50-77-53-54(78-50)74-48(73-53)44-65-37(59-31-25-21-15-9-3)38(66-44)60-32-26-22-16-10-4/h33-34H,7-32H2,1-6H3/b34-33-. The van der Waals surface area contributed by atoms with Crippen molar-refractivity contribution in [3.8, 4) is 0 Å². The van der Waals surface area contributed by atoms with Gasteiger partial charge < -0.3 is 0 Å². The first-order valence-electron chi connectivity index (χ1n) is 27.4. The van der Waals surface area contributed by atoms with E-state index in [1.54, 1.807) is 16.9 Å². The molecule has 0 aromatic heterocycles. The molecule has 8 heterocycles. The highest BCUT2D eigenvalue weighted by atomic mass is 32.3. The molecule has 0 aromatic rings. The van der Waals surface area contributed by atoms with Gasteiger partial charge in [-0.05, 0) is 83.9 Å². The number of rotatable bonds is 36. The van der Waals surface area contributed by atoms with Crippen molar-refractivity contribution >= 4 is 282 Å². The van der Waals surface area contributed by atoms with E-state index < -0.39 is 0 Å². The molecule has 0 aromatic carbocycles. The van der Waals surface area contributed by atoms with Crippen LogP contribution >= 0.6 is 282 Å². The molecule has 8 aliphatic heterocycles. The minimum Gasteiger partial charge on any atom is -0.117 e. The van der Waals surface area contributed by atoms with Crippen molar-refractivity contribution in [2.75, 3.05) is 34.5 Å². The van der Waals surface area contributed by atoms with E-state index in [2.05, 4.69) is 217 Å². The fraction of sp³-hybridized carbons (Fsp3) is 0.593. The molecule has 0 spiro atoms. The minimum atomic E-state index is 1.19. The SMILES string of the molecule is CCCCCCSC1=C(SCCCCCC)SC(=C2SC3=C(SC(=C4SC(S/C=C\SC5=C(SCCCC)SC(=C6SC7=C(S6)SC(=C6SC(SCCCCCC)=C(SCCCCCC)S6)S7)S5)=C(SCCCC)S4)S3)S2)S1. The van der Waals surface area contributed by atoms with E-state index in [1.807, 2.05) is 118 Å². The van der Waals surface area contributed by atoms with Crippen LogP contribution in [0.2, 0.25) is 0 Å². The smallest absolute Gasteiger partial charge is 0.0718 e. The number of hydrogen-bond donors (Lipinski definition) is 0. The molecule has 8 rings (SSSR count). The fourth-order valence-corrected chi connectivity index (χ4v) is 44.4. The molecule has 0 bridgehead atoms. The molecule has 0 radical (unpaired) electrons. The van der Waals surface area contributed by atoms with E-state index in [1.165, 1.54) is 231 Å². The average molecular weight is 1490 g/mol. The van der Waals surface area contributed by atoms with Crippen LogP contribution in [-0.4, -0.2) is 34.5 Å². The van der Waals surface area contributed by atoms with Gasteiger partial charge in [-0.3, -0.25) is 0 Å². The third kappa shape index (κ3) is 22.1. The Hall–Kier alpha value is 5.54. The molecule has 78 heavy (non-hydrogen) atoms. The van der Waals surface area contributed by atoms with E-state index >= 15 is 0 Å². The summed E-state index contributed by atoms with van der Waals surface area (Å²) in [5.41, 5.74) is 0. The second-order valence-electron chi connectivity index (χ2n) is 17.9. The quantitative estimate of drug-likeness (QED) is 0.0546. The number of thioether (sulfide) groups is 24. The van der Waals surface area contributed by atoms with Crippen LogP contribution in [0.25, 0.3) is 0 Å². The lowest BCUT2D eigenvalue weighted by Gasteiger charge is -2.07. The van der Waals surface area contributed by atoms with Crippen molar-refractivity contribution in [3.63, 3.8) is 0 Å². The van der Waals surface area contributed by atoms with Gasteiger partial charge in [-0.2, -0.15) is 0 Å². The van der Waals surface area contributed by atoms with Crippen LogP contribution in [0.3, 0.4) is 0 Å². The third-order valence-corrected chi connectivity index (χ3v) is 47.1. The van der Waals surface area contributed by atoms with Crippen molar-refractivity contribution in [2.24, 2.45) is 0 Å². The van der Waals surface area contributed by atoms with Gasteiger partial charge >= 0.3 is 0 Å². The van der Waals surface area contributed by atoms with Crippen LogP contribution < -0.4 is 0 Å². The number of unbranched alkanes of at least 4 members (excludes halogenated alkanes) is 14. The van der Waals surface area contributed by atoms with Crippen LogP contribution in [-0.2, 0) is 0 Å². The molecule has 0 nitrogen and oxygen atoms in total. The van der Waals surface area contributed by atoms with Crippen molar-refractivity contribution < 1.29 is 0 Å². The maximum atomic E-state index is 2.38.